The van der Waals surface area contributed by atoms with E-state index >= 15 is 0 Å². The Balaban J connectivity index is 2.33. The molecule has 0 spiro atoms. The van der Waals surface area contributed by atoms with E-state index in [2.05, 4.69) is 18.3 Å². The number of ether oxygens (including phenoxy) is 4. The smallest absolute Gasteiger partial charge is 0.161 e. The second-order valence-corrected chi connectivity index (χ2v) is 4.57. The molecule has 1 aromatic carbocycles. The van der Waals surface area contributed by atoms with Gasteiger partial charge in [-0.3, -0.25) is 0 Å². The topological polar surface area (TPSA) is 49.0 Å². The average molecular weight is 297 g/mol. The van der Waals surface area contributed by atoms with Crippen LogP contribution in [0.4, 0.5) is 0 Å². The highest BCUT2D eigenvalue weighted by molar-refractivity contribution is 5.42. The Morgan fingerprint density at radius 1 is 1.00 bits per heavy atom. The van der Waals surface area contributed by atoms with Crippen LogP contribution in [0.1, 0.15) is 18.9 Å². The van der Waals surface area contributed by atoms with Crippen molar-refractivity contribution in [1.82, 2.24) is 5.32 Å². The lowest BCUT2D eigenvalue weighted by atomic mass is 10.2. The molecule has 1 rings (SSSR count). The van der Waals surface area contributed by atoms with E-state index in [9.17, 15) is 0 Å². The molecular formula is C16H27NO4. The highest BCUT2D eigenvalue weighted by Crippen LogP contribution is 2.28. The number of hydrogen-bond donors (Lipinski definition) is 1. The molecule has 0 aromatic heterocycles. The fourth-order valence-corrected chi connectivity index (χ4v) is 1.80. The Morgan fingerprint density at radius 2 is 1.86 bits per heavy atom. The molecule has 5 nitrogen and oxygen atoms in total. The lowest BCUT2D eigenvalue weighted by molar-refractivity contribution is 0.0643. The average Bonchev–Trinajstić information content (AvgIpc) is 2.52. The van der Waals surface area contributed by atoms with E-state index in [1.54, 1.807) is 14.2 Å². The van der Waals surface area contributed by atoms with Crippen molar-refractivity contribution >= 4 is 0 Å². The Kier molecular flexibility index (Phi) is 9.61. The van der Waals surface area contributed by atoms with Crippen molar-refractivity contribution in [3.05, 3.63) is 23.8 Å². The maximum Gasteiger partial charge on any atom is 0.161 e. The molecule has 0 heterocycles. The van der Waals surface area contributed by atoms with Gasteiger partial charge in [-0.1, -0.05) is 13.0 Å². The molecular weight excluding hydrogens is 270 g/mol. The van der Waals surface area contributed by atoms with E-state index in [4.69, 9.17) is 18.9 Å². The predicted octanol–water partition coefficient (Wildman–Crippen LogP) is 2.24. The van der Waals surface area contributed by atoms with Crippen LogP contribution in [0.2, 0.25) is 0 Å². The van der Waals surface area contributed by atoms with Gasteiger partial charge in [0.1, 0.15) is 0 Å². The zero-order valence-electron chi connectivity index (χ0n) is 13.3. The van der Waals surface area contributed by atoms with Gasteiger partial charge in [-0.15, -0.1) is 0 Å². The minimum atomic E-state index is 0.607. The summed E-state index contributed by atoms with van der Waals surface area (Å²) in [6.07, 6.45) is 0.839. The number of rotatable bonds is 12. The third kappa shape index (κ3) is 7.32. The van der Waals surface area contributed by atoms with E-state index < -0.39 is 0 Å². The molecule has 0 aliphatic rings. The van der Waals surface area contributed by atoms with E-state index in [1.165, 1.54) is 5.56 Å². The van der Waals surface area contributed by atoms with Gasteiger partial charge in [0.2, 0.25) is 0 Å². The molecule has 0 aliphatic heterocycles. The molecule has 1 N–H and O–H groups in total. The van der Waals surface area contributed by atoms with E-state index in [1.807, 2.05) is 12.1 Å². The van der Waals surface area contributed by atoms with Crippen LogP contribution in [0.25, 0.3) is 0 Å². The van der Waals surface area contributed by atoms with Gasteiger partial charge in [-0.05, 0) is 24.2 Å². The highest BCUT2D eigenvalue weighted by atomic mass is 16.5. The van der Waals surface area contributed by atoms with Crippen molar-refractivity contribution in [3.63, 3.8) is 0 Å². The maximum atomic E-state index is 5.74. The van der Waals surface area contributed by atoms with E-state index in [0.29, 0.717) is 26.4 Å². The van der Waals surface area contributed by atoms with Gasteiger partial charge in [0.25, 0.3) is 0 Å². The monoisotopic (exact) mass is 297 g/mol. The van der Waals surface area contributed by atoms with Gasteiger partial charge in [-0.2, -0.15) is 0 Å². The summed E-state index contributed by atoms with van der Waals surface area (Å²) in [6.45, 7) is 6.40. The lowest BCUT2D eigenvalue weighted by Gasteiger charge is -2.12. The largest absolute Gasteiger partial charge is 0.493 e. The Labute approximate surface area is 127 Å². The molecule has 0 bridgehead atoms. The van der Waals surface area contributed by atoms with Crippen molar-refractivity contribution < 1.29 is 18.9 Å². The molecule has 21 heavy (non-hydrogen) atoms. The standard InChI is InChI=1S/C16H27NO4/c1-4-17-13-14-6-7-15(16(12-14)19-3)21-9-5-8-20-11-10-18-2/h6-7,12,17H,4-5,8-11,13H2,1-3H3. The van der Waals surface area contributed by atoms with Crippen LogP contribution in [-0.2, 0) is 16.0 Å². The van der Waals surface area contributed by atoms with Gasteiger partial charge in [0, 0.05) is 26.7 Å². The molecule has 0 aliphatic carbocycles. The molecule has 0 radical (unpaired) electrons. The van der Waals surface area contributed by atoms with E-state index in [0.717, 1.165) is 31.0 Å². The molecule has 5 heteroatoms. The normalized spacial score (nSPS) is 10.6. The second kappa shape index (κ2) is 11.4. The molecule has 120 valence electrons. The quantitative estimate of drug-likeness (QED) is 0.600. The third-order valence-corrected chi connectivity index (χ3v) is 2.93. The van der Waals surface area contributed by atoms with Gasteiger partial charge in [0.05, 0.1) is 26.9 Å². The summed E-state index contributed by atoms with van der Waals surface area (Å²) in [4.78, 5) is 0. The SMILES string of the molecule is CCNCc1ccc(OCCCOCCOC)c(OC)c1. The van der Waals surface area contributed by atoms with Crippen molar-refractivity contribution in [2.24, 2.45) is 0 Å². The Morgan fingerprint density at radius 3 is 2.57 bits per heavy atom. The summed E-state index contributed by atoms with van der Waals surface area (Å²) in [5.41, 5.74) is 1.18. The van der Waals surface area contributed by atoms with Crippen LogP contribution in [0, 0.1) is 0 Å². The zero-order chi connectivity index (χ0) is 15.3. The first-order valence-corrected chi connectivity index (χ1v) is 7.39. The molecule has 0 amide bonds. The van der Waals surface area contributed by atoms with Crippen LogP contribution in [-0.4, -0.2) is 47.2 Å². The van der Waals surface area contributed by atoms with E-state index in [-0.39, 0.29) is 0 Å². The van der Waals surface area contributed by atoms with Gasteiger partial charge < -0.3 is 24.3 Å². The van der Waals surface area contributed by atoms with Crippen molar-refractivity contribution in [1.29, 1.82) is 0 Å². The first-order valence-electron chi connectivity index (χ1n) is 7.39. The molecule has 0 unspecified atom stereocenters. The molecule has 1 aromatic rings. The Hall–Kier alpha value is -1.30. The highest BCUT2D eigenvalue weighted by Gasteiger charge is 2.05. The van der Waals surface area contributed by atoms with Crippen LogP contribution in [0.15, 0.2) is 18.2 Å². The van der Waals surface area contributed by atoms with Crippen LogP contribution < -0.4 is 14.8 Å². The summed E-state index contributed by atoms with van der Waals surface area (Å²) in [5, 5.41) is 3.29. The van der Waals surface area contributed by atoms with Gasteiger partial charge in [-0.25, -0.2) is 0 Å². The fourth-order valence-electron chi connectivity index (χ4n) is 1.80. The summed E-state index contributed by atoms with van der Waals surface area (Å²) >= 11 is 0. The lowest BCUT2D eigenvalue weighted by Crippen LogP contribution is -2.12. The van der Waals surface area contributed by atoms with Gasteiger partial charge in [0.15, 0.2) is 11.5 Å². The first kappa shape index (κ1) is 17.8. The molecule has 0 atom stereocenters. The third-order valence-electron chi connectivity index (χ3n) is 2.93. The summed E-state index contributed by atoms with van der Waals surface area (Å²) in [7, 11) is 3.32. The summed E-state index contributed by atoms with van der Waals surface area (Å²) in [6, 6.07) is 6.01. The van der Waals surface area contributed by atoms with Crippen molar-refractivity contribution in [2.75, 3.05) is 47.2 Å². The van der Waals surface area contributed by atoms with Gasteiger partial charge >= 0.3 is 0 Å². The first-order chi connectivity index (χ1) is 10.3. The molecule has 0 fully saturated rings. The Bertz CT molecular complexity index is 385. The zero-order valence-corrected chi connectivity index (χ0v) is 13.3. The van der Waals surface area contributed by atoms with Crippen molar-refractivity contribution in [3.8, 4) is 11.5 Å². The molecule has 0 saturated carbocycles. The number of methoxy groups -OCH3 is 2. The molecule has 0 saturated heterocycles. The maximum absolute atomic E-state index is 5.74. The van der Waals surface area contributed by atoms with Crippen LogP contribution in [0.5, 0.6) is 11.5 Å². The predicted molar refractivity (Wildman–Crippen MR) is 83.2 cm³/mol. The minimum Gasteiger partial charge on any atom is -0.493 e. The number of benzene rings is 1. The minimum absolute atomic E-state index is 0.607. The summed E-state index contributed by atoms with van der Waals surface area (Å²) < 4.78 is 21.4. The number of hydrogen-bond acceptors (Lipinski definition) is 5. The van der Waals surface area contributed by atoms with Crippen molar-refractivity contribution in [2.45, 2.75) is 19.9 Å². The number of nitrogens with one attached hydrogen (secondary N) is 1. The fraction of sp³-hybridized carbons (Fsp3) is 0.625. The van der Waals surface area contributed by atoms with Crippen LogP contribution >= 0.6 is 0 Å². The summed E-state index contributed by atoms with van der Waals surface area (Å²) in [5.74, 6) is 1.54. The van der Waals surface area contributed by atoms with Crippen LogP contribution in [0.3, 0.4) is 0 Å². The second-order valence-electron chi connectivity index (χ2n) is 4.57.